The first-order chi connectivity index (χ1) is 4.61. The molecule has 1 aromatic heterocycles. The zero-order chi connectivity index (χ0) is 7.72. The SMILES string of the molecule is CC(=O)c1sc(Br)nc1C. The number of ketones is 1. The molecule has 0 atom stereocenters. The third kappa shape index (κ3) is 1.44. The molecule has 0 unspecified atom stereocenters. The van der Waals surface area contributed by atoms with Gasteiger partial charge in [0.25, 0.3) is 0 Å². The zero-order valence-electron chi connectivity index (χ0n) is 5.64. The van der Waals surface area contributed by atoms with E-state index in [1.165, 1.54) is 11.3 Å². The van der Waals surface area contributed by atoms with Gasteiger partial charge in [-0.05, 0) is 22.9 Å². The number of Topliss-reactive ketones (excluding diaryl/α,β-unsaturated/α-hetero) is 1. The number of carbonyl (C=O) groups is 1. The van der Waals surface area contributed by atoms with Crippen molar-refractivity contribution in [1.29, 1.82) is 0 Å². The smallest absolute Gasteiger partial charge is 0.171 e. The van der Waals surface area contributed by atoms with Crippen LogP contribution in [0.25, 0.3) is 0 Å². The van der Waals surface area contributed by atoms with Gasteiger partial charge >= 0.3 is 0 Å². The van der Waals surface area contributed by atoms with E-state index < -0.39 is 0 Å². The standard InChI is InChI=1S/C6H6BrNOS/c1-3-5(4(2)9)10-6(7)8-3/h1-2H3. The lowest BCUT2D eigenvalue weighted by atomic mass is 10.3. The van der Waals surface area contributed by atoms with Crippen LogP contribution < -0.4 is 0 Å². The number of halogens is 1. The second kappa shape index (κ2) is 2.80. The Morgan fingerprint density at radius 1 is 1.70 bits per heavy atom. The van der Waals surface area contributed by atoms with E-state index in [-0.39, 0.29) is 5.78 Å². The quantitative estimate of drug-likeness (QED) is 0.680. The first-order valence-electron chi connectivity index (χ1n) is 2.75. The van der Waals surface area contributed by atoms with Crippen molar-refractivity contribution in [3.8, 4) is 0 Å². The van der Waals surface area contributed by atoms with Gasteiger partial charge in [0, 0.05) is 6.92 Å². The van der Waals surface area contributed by atoms with Crippen LogP contribution in [0.3, 0.4) is 0 Å². The van der Waals surface area contributed by atoms with E-state index in [0.29, 0.717) is 0 Å². The van der Waals surface area contributed by atoms with Gasteiger partial charge in [0.15, 0.2) is 9.70 Å². The number of aryl methyl sites for hydroxylation is 1. The lowest BCUT2D eigenvalue weighted by Crippen LogP contribution is -1.89. The van der Waals surface area contributed by atoms with E-state index in [1.807, 2.05) is 6.92 Å². The van der Waals surface area contributed by atoms with Gasteiger partial charge in [-0.25, -0.2) is 4.98 Å². The van der Waals surface area contributed by atoms with Gasteiger partial charge in [-0.2, -0.15) is 0 Å². The number of hydrogen-bond acceptors (Lipinski definition) is 3. The molecule has 0 radical (unpaired) electrons. The van der Waals surface area contributed by atoms with Gasteiger partial charge in [0.05, 0.1) is 10.6 Å². The van der Waals surface area contributed by atoms with Crippen LogP contribution in [0.5, 0.6) is 0 Å². The molecule has 0 saturated heterocycles. The third-order valence-corrected chi connectivity index (χ3v) is 2.80. The normalized spacial score (nSPS) is 9.90. The second-order valence-corrected chi connectivity index (χ2v) is 4.21. The average molecular weight is 220 g/mol. The molecule has 0 aliphatic heterocycles. The van der Waals surface area contributed by atoms with Crippen molar-refractivity contribution >= 4 is 33.0 Å². The fraction of sp³-hybridized carbons (Fsp3) is 0.333. The van der Waals surface area contributed by atoms with Crippen LogP contribution in [0.15, 0.2) is 3.92 Å². The molecule has 0 N–H and O–H groups in total. The zero-order valence-corrected chi connectivity index (χ0v) is 8.04. The maximum atomic E-state index is 10.8. The van der Waals surface area contributed by atoms with Crippen molar-refractivity contribution in [1.82, 2.24) is 4.98 Å². The van der Waals surface area contributed by atoms with E-state index in [2.05, 4.69) is 20.9 Å². The van der Waals surface area contributed by atoms with E-state index >= 15 is 0 Å². The number of aromatic nitrogens is 1. The Morgan fingerprint density at radius 2 is 2.30 bits per heavy atom. The molecule has 0 aliphatic carbocycles. The molecule has 0 saturated carbocycles. The number of nitrogens with zero attached hydrogens (tertiary/aromatic N) is 1. The van der Waals surface area contributed by atoms with E-state index in [0.717, 1.165) is 14.5 Å². The highest BCUT2D eigenvalue weighted by Gasteiger charge is 2.08. The first kappa shape index (κ1) is 7.88. The van der Waals surface area contributed by atoms with Crippen LogP contribution in [0, 0.1) is 6.92 Å². The van der Waals surface area contributed by atoms with Gasteiger partial charge in [0.2, 0.25) is 0 Å². The molecule has 0 spiro atoms. The summed E-state index contributed by atoms with van der Waals surface area (Å²) in [4.78, 5) is 15.6. The summed E-state index contributed by atoms with van der Waals surface area (Å²) < 4.78 is 0.773. The Bertz CT molecular complexity index is 269. The average Bonchev–Trinajstić information content (AvgIpc) is 2.10. The van der Waals surface area contributed by atoms with Crippen LogP contribution in [-0.4, -0.2) is 10.8 Å². The summed E-state index contributed by atoms with van der Waals surface area (Å²) in [6.07, 6.45) is 0. The summed E-state index contributed by atoms with van der Waals surface area (Å²) in [5, 5.41) is 0. The predicted octanol–water partition coefficient (Wildman–Crippen LogP) is 2.42. The Balaban J connectivity index is 3.15. The van der Waals surface area contributed by atoms with Crippen molar-refractivity contribution in [2.45, 2.75) is 13.8 Å². The first-order valence-corrected chi connectivity index (χ1v) is 4.36. The second-order valence-electron chi connectivity index (χ2n) is 1.94. The fourth-order valence-corrected chi connectivity index (χ4v) is 2.13. The highest BCUT2D eigenvalue weighted by molar-refractivity contribution is 9.11. The molecule has 10 heavy (non-hydrogen) atoms. The molecule has 0 aromatic carbocycles. The topological polar surface area (TPSA) is 30.0 Å². The van der Waals surface area contributed by atoms with Crippen LogP contribution >= 0.6 is 27.3 Å². The number of rotatable bonds is 1. The third-order valence-electron chi connectivity index (χ3n) is 1.09. The van der Waals surface area contributed by atoms with Crippen molar-refractivity contribution in [3.05, 3.63) is 14.5 Å². The molecule has 0 aliphatic rings. The van der Waals surface area contributed by atoms with Crippen molar-refractivity contribution in [2.75, 3.05) is 0 Å². The van der Waals surface area contributed by atoms with Crippen LogP contribution in [0.1, 0.15) is 22.3 Å². The van der Waals surface area contributed by atoms with E-state index in [9.17, 15) is 4.79 Å². The fourth-order valence-electron chi connectivity index (χ4n) is 0.690. The van der Waals surface area contributed by atoms with E-state index in [4.69, 9.17) is 0 Å². The maximum Gasteiger partial charge on any atom is 0.171 e. The van der Waals surface area contributed by atoms with Crippen molar-refractivity contribution in [3.63, 3.8) is 0 Å². The highest BCUT2D eigenvalue weighted by atomic mass is 79.9. The lowest BCUT2D eigenvalue weighted by Gasteiger charge is -1.85. The molecule has 1 heterocycles. The Labute approximate surface area is 71.4 Å². The largest absolute Gasteiger partial charge is 0.294 e. The van der Waals surface area contributed by atoms with Gasteiger partial charge < -0.3 is 0 Å². The highest BCUT2D eigenvalue weighted by Crippen LogP contribution is 2.22. The van der Waals surface area contributed by atoms with Gasteiger partial charge in [-0.15, -0.1) is 11.3 Å². The molecule has 1 aromatic rings. The minimum atomic E-state index is 0.0840. The Hall–Kier alpha value is -0.220. The monoisotopic (exact) mass is 219 g/mol. The Kier molecular flexibility index (Phi) is 2.21. The number of carbonyl (C=O) groups excluding carboxylic acids is 1. The molecule has 0 fully saturated rings. The molecule has 4 heteroatoms. The van der Waals surface area contributed by atoms with E-state index in [1.54, 1.807) is 6.92 Å². The molecule has 54 valence electrons. The maximum absolute atomic E-state index is 10.8. The van der Waals surface area contributed by atoms with Gasteiger partial charge in [-0.3, -0.25) is 4.79 Å². The summed E-state index contributed by atoms with van der Waals surface area (Å²) in [6.45, 7) is 3.38. The van der Waals surface area contributed by atoms with Gasteiger partial charge in [0.1, 0.15) is 0 Å². The van der Waals surface area contributed by atoms with Crippen molar-refractivity contribution in [2.24, 2.45) is 0 Å². The molecular formula is C6H6BrNOS. The number of hydrogen-bond donors (Lipinski definition) is 0. The lowest BCUT2D eigenvalue weighted by molar-refractivity contribution is 0.102. The van der Waals surface area contributed by atoms with Crippen molar-refractivity contribution < 1.29 is 4.79 Å². The summed E-state index contributed by atoms with van der Waals surface area (Å²) in [6, 6.07) is 0. The van der Waals surface area contributed by atoms with Crippen LogP contribution in [0.2, 0.25) is 0 Å². The van der Waals surface area contributed by atoms with Crippen LogP contribution in [0.4, 0.5) is 0 Å². The predicted molar refractivity (Wildman–Crippen MR) is 44.6 cm³/mol. The Morgan fingerprint density at radius 3 is 2.50 bits per heavy atom. The number of thiazole rings is 1. The minimum absolute atomic E-state index is 0.0840. The summed E-state index contributed by atoms with van der Waals surface area (Å²) in [7, 11) is 0. The molecule has 1 rings (SSSR count). The van der Waals surface area contributed by atoms with Gasteiger partial charge in [-0.1, -0.05) is 0 Å². The molecule has 0 amide bonds. The molecule has 2 nitrogen and oxygen atoms in total. The summed E-state index contributed by atoms with van der Waals surface area (Å²) >= 11 is 4.58. The summed E-state index contributed by atoms with van der Waals surface area (Å²) in [5.74, 6) is 0.0840. The minimum Gasteiger partial charge on any atom is -0.294 e. The molecule has 0 bridgehead atoms. The summed E-state index contributed by atoms with van der Waals surface area (Å²) in [5.41, 5.74) is 0.810. The van der Waals surface area contributed by atoms with Crippen LogP contribution in [-0.2, 0) is 0 Å². The molecular weight excluding hydrogens is 214 g/mol.